The van der Waals surface area contributed by atoms with Crippen LogP contribution in [0.25, 0.3) is 11.0 Å². The van der Waals surface area contributed by atoms with Crippen LogP contribution in [0, 0.1) is 6.92 Å². The Bertz CT molecular complexity index is 1330. The third kappa shape index (κ3) is 2.79. The molecular weight excluding hydrogens is 432 g/mol. The predicted octanol–water partition coefficient (Wildman–Crippen LogP) is 5.01. The molecule has 1 amide bonds. The normalized spacial score (nSPS) is 15.7. The Kier molecular flexibility index (Phi) is 4.10. The van der Waals surface area contributed by atoms with Gasteiger partial charge in [-0.25, -0.2) is 4.98 Å². The highest BCUT2D eigenvalue weighted by Crippen LogP contribution is 2.40. The molecule has 29 heavy (non-hydrogen) atoms. The first-order chi connectivity index (χ1) is 14.0. The summed E-state index contributed by atoms with van der Waals surface area (Å²) in [5.74, 6) is 0.191. The van der Waals surface area contributed by atoms with E-state index >= 15 is 0 Å². The number of hydrogen-bond acceptors (Lipinski definition) is 4. The van der Waals surface area contributed by atoms with Crippen molar-refractivity contribution in [2.75, 3.05) is 4.90 Å². The molecule has 3 heterocycles. The highest BCUT2D eigenvalue weighted by Gasteiger charge is 2.44. The second-order valence-electron chi connectivity index (χ2n) is 6.99. The summed E-state index contributed by atoms with van der Waals surface area (Å²) < 4.78 is 6.84. The zero-order valence-electron chi connectivity index (χ0n) is 15.4. The van der Waals surface area contributed by atoms with Gasteiger partial charge in [0.2, 0.25) is 5.76 Å². The van der Waals surface area contributed by atoms with Crippen molar-refractivity contribution in [3.8, 4) is 0 Å². The molecule has 1 atom stereocenters. The van der Waals surface area contributed by atoms with E-state index in [0.29, 0.717) is 22.4 Å². The second kappa shape index (κ2) is 6.67. The van der Waals surface area contributed by atoms with E-state index in [4.69, 9.17) is 4.42 Å². The minimum absolute atomic E-state index is 0.0740. The standard InChI is InChI=1S/C23H15BrN2O3/c1-13-10-11-25-18(12-13)26-20(14-6-8-15(24)9-7-14)19-21(27)16-4-2-3-5-17(16)29-22(19)23(26)28/h2-12,20H,1H3/t20-/m0/s1. The number of fused-ring (bicyclic) bond motifs is 2. The van der Waals surface area contributed by atoms with Gasteiger partial charge in [0.05, 0.1) is 17.0 Å². The van der Waals surface area contributed by atoms with Gasteiger partial charge in [0.25, 0.3) is 5.91 Å². The van der Waals surface area contributed by atoms with Crippen molar-refractivity contribution in [2.24, 2.45) is 0 Å². The summed E-state index contributed by atoms with van der Waals surface area (Å²) in [6.07, 6.45) is 1.66. The van der Waals surface area contributed by atoms with Crippen LogP contribution in [-0.4, -0.2) is 10.9 Å². The Morgan fingerprint density at radius 2 is 1.79 bits per heavy atom. The molecule has 6 heteroatoms. The molecule has 0 unspecified atom stereocenters. The third-order valence-corrected chi connectivity index (χ3v) is 5.64. The Labute approximate surface area is 174 Å². The van der Waals surface area contributed by atoms with Crippen LogP contribution in [0.4, 0.5) is 5.82 Å². The Morgan fingerprint density at radius 1 is 1.03 bits per heavy atom. The fourth-order valence-corrected chi connectivity index (χ4v) is 4.03. The highest BCUT2D eigenvalue weighted by atomic mass is 79.9. The SMILES string of the molecule is Cc1ccnc(N2C(=O)c3oc4ccccc4c(=O)c3[C@@H]2c2ccc(Br)cc2)c1. The lowest BCUT2D eigenvalue weighted by atomic mass is 9.98. The number of amides is 1. The molecule has 0 bridgehead atoms. The number of carbonyl (C=O) groups is 1. The number of aromatic nitrogens is 1. The number of carbonyl (C=O) groups excluding carboxylic acids is 1. The van der Waals surface area contributed by atoms with Crippen molar-refractivity contribution in [3.05, 3.63) is 104 Å². The van der Waals surface area contributed by atoms with Crippen molar-refractivity contribution >= 4 is 38.6 Å². The van der Waals surface area contributed by atoms with E-state index in [0.717, 1.165) is 15.6 Å². The van der Waals surface area contributed by atoms with E-state index < -0.39 is 6.04 Å². The maximum Gasteiger partial charge on any atom is 0.296 e. The van der Waals surface area contributed by atoms with Gasteiger partial charge in [-0.05, 0) is 54.4 Å². The molecule has 4 aromatic rings. The van der Waals surface area contributed by atoms with E-state index in [-0.39, 0.29) is 17.1 Å². The highest BCUT2D eigenvalue weighted by molar-refractivity contribution is 9.10. The largest absolute Gasteiger partial charge is 0.450 e. The van der Waals surface area contributed by atoms with Crippen LogP contribution in [0.2, 0.25) is 0 Å². The molecular formula is C23H15BrN2O3. The summed E-state index contributed by atoms with van der Waals surface area (Å²) in [5.41, 5.74) is 2.33. The zero-order valence-corrected chi connectivity index (χ0v) is 17.0. The number of anilines is 1. The van der Waals surface area contributed by atoms with Gasteiger partial charge in [-0.15, -0.1) is 0 Å². The number of para-hydroxylation sites is 1. The van der Waals surface area contributed by atoms with Crippen LogP contribution >= 0.6 is 15.9 Å². The summed E-state index contributed by atoms with van der Waals surface area (Å²) in [6, 6.07) is 17.7. The molecule has 0 aliphatic carbocycles. The number of rotatable bonds is 2. The van der Waals surface area contributed by atoms with Gasteiger partial charge < -0.3 is 4.42 Å². The Balaban J connectivity index is 1.82. The molecule has 142 valence electrons. The smallest absolute Gasteiger partial charge is 0.296 e. The molecule has 2 aromatic heterocycles. The number of aryl methyl sites for hydroxylation is 1. The van der Waals surface area contributed by atoms with Crippen molar-refractivity contribution < 1.29 is 9.21 Å². The van der Waals surface area contributed by atoms with E-state index in [1.807, 2.05) is 43.3 Å². The van der Waals surface area contributed by atoms with Gasteiger partial charge in [-0.3, -0.25) is 14.5 Å². The topological polar surface area (TPSA) is 63.4 Å². The molecule has 1 aliphatic rings. The molecule has 0 saturated carbocycles. The van der Waals surface area contributed by atoms with Gasteiger partial charge in [-0.2, -0.15) is 0 Å². The summed E-state index contributed by atoms with van der Waals surface area (Å²) >= 11 is 3.44. The molecule has 5 nitrogen and oxygen atoms in total. The number of benzene rings is 2. The van der Waals surface area contributed by atoms with Gasteiger partial charge >= 0.3 is 0 Å². The van der Waals surface area contributed by atoms with Crippen molar-refractivity contribution in [2.45, 2.75) is 13.0 Å². The number of halogens is 1. The number of hydrogen-bond donors (Lipinski definition) is 0. The summed E-state index contributed by atoms with van der Waals surface area (Å²) in [6.45, 7) is 1.94. The molecule has 0 fully saturated rings. The summed E-state index contributed by atoms with van der Waals surface area (Å²) in [4.78, 5) is 32.7. The number of pyridine rings is 1. The Morgan fingerprint density at radius 3 is 2.55 bits per heavy atom. The maximum atomic E-state index is 13.4. The lowest BCUT2D eigenvalue weighted by Gasteiger charge is -2.24. The van der Waals surface area contributed by atoms with Crippen LogP contribution in [0.15, 0.2) is 80.5 Å². The van der Waals surface area contributed by atoms with E-state index in [1.165, 1.54) is 0 Å². The average Bonchev–Trinajstić information content (AvgIpc) is 3.02. The monoisotopic (exact) mass is 446 g/mol. The molecule has 0 saturated heterocycles. The molecule has 5 rings (SSSR count). The summed E-state index contributed by atoms with van der Waals surface area (Å²) in [7, 11) is 0. The fraction of sp³-hybridized carbons (Fsp3) is 0.0870. The van der Waals surface area contributed by atoms with E-state index in [9.17, 15) is 9.59 Å². The molecule has 0 N–H and O–H groups in total. The van der Waals surface area contributed by atoms with Gasteiger partial charge in [0.15, 0.2) is 5.43 Å². The van der Waals surface area contributed by atoms with Crippen molar-refractivity contribution in [3.63, 3.8) is 0 Å². The van der Waals surface area contributed by atoms with E-state index in [1.54, 1.807) is 35.4 Å². The van der Waals surface area contributed by atoms with Crippen molar-refractivity contribution in [1.29, 1.82) is 0 Å². The van der Waals surface area contributed by atoms with Gasteiger partial charge in [0, 0.05) is 10.7 Å². The quantitative estimate of drug-likeness (QED) is 0.434. The lowest BCUT2D eigenvalue weighted by molar-refractivity contribution is 0.0970. The van der Waals surface area contributed by atoms with Crippen LogP contribution in [0.3, 0.4) is 0 Å². The minimum atomic E-state index is -0.610. The molecule has 0 radical (unpaired) electrons. The van der Waals surface area contributed by atoms with E-state index in [2.05, 4.69) is 20.9 Å². The van der Waals surface area contributed by atoms with Crippen LogP contribution in [0.5, 0.6) is 0 Å². The predicted molar refractivity (Wildman–Crippen MR) is 114 cm³/mol. The molecule has 1 aliphatic heterocycles. The first-order valence-corrected chi connectivity index (χ1v) is 9.91. The summed E-state index contributed by atoms with van der Waals surface area (Å²) in [5, 5.41) is 0.459. The molecule has 0 spiro atoms. The second-order valence-corrected chi connectivity index (χ2v) is 7.91. The third-order valence-electron chi connectivity index (χ3n) is 5.11. The van der Waals surface area contributed by atoms with Crippen molar-refractivity contribution in [1.82, 2.24) is 4.98 Å². The van der Waals surface area contributed by atoms with Crippen LogP contribution in [-0.2, 0) is 0 Å². The average molecular weight is 447 g/mol. The first-order valence-electron chi connectivity index (χ1n) is 9.12. The minimum Gasteiger partial charge on any atom is -0.450 e. The Hall–Kier alpha value is -3.25. The fourth-order valence-electron chi connectivity index (χ4n) is 3.77. The van der Waals surface area contributed by atoms with Crippen LogP contribution < -0.4 is 10.3 Å². The lowest BCUT2D eigenvalue weighted by Crippen LogP contribution is -2.30. The molecule has 2 aromatic carbocycles. The van der Waals surface area contributed by atoms with Gasteiger partial charge in [0.1, 0.15) is 11.4 Å². The number of nitrogens with zero attached hydrogens (tertiary/aromatic N) is 2. The van der Waals surface area contributed by atoms with Gasteiger partial charge in [-0.1, -0.05) is 40.2 Å². The zero-order chi connectivity index (χ0) is 20.1. The van der Waals surface area contributed by atoms with Crippen LogP contribution in [0.1, 0.15) is 33.3 Å². The maximum absolute atomic E-state index is 13.4. The first kappa shape index (κ1) is 17.8.